The molecule has 1 unspecified atom stereocenters. The SMILES string of the molecule is O=C(NCC1CCN(C(=O)O)C1)c1cc2ccc(Cl)cc2s1. The van der Waals surface area contributed by atoms with Crippen LogP contribution in [0.4, 0.5) is 4.79 Å². The van der Waals surface area contributed by atoms with Crippen LogP contribution in [0, 0.1) is 5.92 Å². The summed E-state index contributed by atoms with van der Waals surface area (Å²) in [6.07, 6.45) is -0.107. The number of nitrogens with one attached hydrogen (secondary N) is 1. The molecule has 0 spiro atoms. The number of nitrogens with zero attached hydrogens (tertiary/aromatic N) is 1. The topological polar surface area (TPSA) is 69.6 Å². The smallest absolute Gasteiger partial charge is 0.407 e. The minimum Gasteiger partial charge on any atom is -0.465 e. The Hall–Kier alpha value is -1.79. The second-order valence-corrected chi connectivity index (χ2v) is 6.91. The fraction of sp³-hybridized carbons (Fsp3) is 0.333. The molecule has 1 aliphatic heterocycles. The Bertz CT molecular complexity index is 731. The summed E-state index contributed by atoms with van der Waals surface area (Å²) in [6, 6.07) is 7.40. The standard InChI is InChI=1S/C15H15ClN2O3S/c16-11-2-1-10-5-13(22-12(10)6-11)14(19)17-7-9-3-4-18(8-9)15(20)21/h1-2,5-6,9H,3-4,7-8H2,(H,17,19)(H,20,21). The highest BCUT2D eigenvalue weighted by atomic mass is 35.5. The van der Waals surface area contributed by atoms with Crippen molar-refractivity contribution >= 4 is 45.0 Å². The molecule has 5 nitrogen and oxygen atoms in total. The molecule has 7 heteroatoms. The zero-order valence-electron chi connectivity index (χ0n) is 11.7. The molecule has 1 fully saturated rings. The summed E-state index contributed by atoms with van der Waals surface area (Å²) in [5.41, 5.74) is 0. The Morgan fingerprint density at radius 3 is 2.95 bits per heavy atom. The van der Waals surface area contributed by atoms with Crippen molar-refractivity contribution in [2.24, 2.45) is 5.92 Å². The van der Waals surface area contributed by atoms with Gasteiger partial charge < -0.3 is 15.3 Å². The van der Waals surface area contributed by atoms with Gasteiger partial charge in [0.05, 0.1) is 4.88 Å². The van der Waals surface area contributed by atoms with Gasteiger partial charge in [0.2, 0.25) is 0 Å². The Kier molecular flexibility index (Phi) is 4.22. The van der Waals surface area contributed by atoms with Crippen molar-refractivity contribution in [2.75, 3.05) is 19.6 Å². The molecule has 2 amide bonds. The quantitative estimate of drug-likeness (QED) is 0.902. The number of hydrogen-bond acceptors (Lipinski definition) is 3. The molecule has 1 saturated heterocycles. The lowest BCUT2D eigenvalue weighted by Gasteiger charge is -2.12. The average molecular weight is 339 g/mol. The second-order valence-electron chi connectivity index (χ2n) is 5.39. The Labute approximate surface area is 136 Å². The first-order valence-electron chi connectivity index (χ1n) is 6.98. The first kappa shape index (κ1) is 15.1. The maximum Gasteiger partial charge on any atom is 0.407 e. The largest absolute Gasteiger partial charge is 0.465 e. The summed E-state index contributed by atoms with van der Waals surface area (Å²) in [7, 11) is 0. The van der Waals surface area contributed by atoms with Gasteiger partial charge in [-0.05, 0) is 35.9 Å². The number of carbonyl (C=O) groups excluding carboxylic acids is 1. The van der Waals surface area contributed by atoms with Gasteiger partial charge in [0, 0.05) is 29.4 Å². The van der Waals surface area contributed by atoms with Gasteiger partial charge in [-0.3, -0.25) is 4.79 Å². The Balaban J connectivity index is 1.60. The van der Waals surface area contributed by atoms with Gasteiger partial charge in [-0.25, -0.2) is 4.79 Å². The highest BCUT2D eigenvalue weighted by molar-refractivity contribution is 7.20. The van der Waals surface area contributed by atoms with E-state index in [4.69, 9.17) is 16.7 Å². The lowest BCUT2D eigenvalue weighted by molar-refractivity contribution is 0.0952. The molecule has 1 aromatic heterocycles. The van der Waals surface area contributed by atoms with Crippen molar-refractivity contribution in [1.29, 1.82) is 0 Å². The lowest BCUT2D eigenvalue weighted by atomic mass is 10.1. The number of likely N-dealkylation sites (tertiary alicyclic amines) is 1. The monoisotopic (exact) mass is 338 g/mol. The van der Waals surface area contributed by atoms with Gasteiger partial charge in [0.25, 0.3) is 5.91 Å². The van der Waals surface area contributed by atoms with Crippen molar-refractivity contribution in [1.82, 2.24) is 10.2 Å². The highest BCUT2D eigenvalue weighted by Crippen LogP contribution is 2.28. The first-order valence-corrected chi connectivity index (χ1v) is 8.17. The van der Waals surface area contributed by atoms with Crippen LogP contribution in [0.2, 0.25) is 5.02 Å². The van der Waals surface area contributed by atoms with Crippen molar-refractivity contribution in [2.45, 2.75) is 6.42 Å². The third kappa shape index (κ3) is 3.18. The number of thiophene rings is 1. The Morgan fingerprint density at radius 2 is 2.23 bits per heavy atom. The molecule has 0 saturated carbocycles. The molecule has 22 heavy (non-hydrogen) atoms. The minimum atomic E-state index is -0.893. The number of carbonyl (C=O) groups is 2. The normalized spacial score (nSPS) is 17.9. The number of rotatable bonds is 3. The van der Waals surface area contributed by atoms with Crippen LogP contribution in [0.25, 0.3) is 10.1 Å². The van der Waals surface area contributed by atoms with Crippen LogP contribution in [-0.2, 0) is 0 Å². The van der Waals surface area contributed by atoms with Crippen LogP contribution in [0.3, 0.4) is 0 Å². The van der Waals surface area contributed by atoms with Crippen molar-refractivity contribution < 1.29 is 14.7 Å². The molecule has 0 aliphatic carbocycles. The highest BCUT2D eigenvalue weighted by Gasteiger charge is 2.26. The maximum absolute atomic E-state index is 12.2. The Morgan fingerprint density at radius 1 is 1.41 bits per heavy atom. The van der Waals surface area contributed by atoms with Gasteiger partial charge in [-0.1, -0.05) is 17.7 Å². The molecule has 116 valence electrons. The van der Waals surface area contributed by atoms with Gasteiger partial charge in [0.15, 0.2) is 0 Å². The number of benzene rings is 1. The van der Waals surface area contributed by atoms with Crippen LogP contribution >= 0.6 is 22.9 Å². The van der Waals surface area contributed by atoms with Crippen LogP contribution in [0.5, 0.6) is 0 Å². The zero-order valence-corrected chi connectivity index (χ0v) is 13.3. The van der Waals surface area contributed by atoms with Crippen molar-refractivity contribution in [3.05, 3.63) is 34.2 Å². The van der Waals surface area contributed by atoms with E-state index in [0.29, 0.717) is 29.5 Å². The van der Waals surface area contributed by atoms with Gasteiger partial charge >= 0.3 is 6.09 Å². The van der Waals surface area contributed by atoms with Crippen molar-refractivity contribution in [3.63, 3.8) is 0 Å². The zero-order chi connectivity index (χ0) is 15.7. The van der Waals surface area contributed by atoms with E-state index in [1.165, 1.54) is 16.2 Å². The first-order chi connectivity index (χ1) is 10.5. The molecule has 3 rings (SSSR count). The molecule has 0 radical (unpaired) electrons. The van der Waals surface area contributed by atoms with E-state index in [1.807, 2.05) is 18.2 Å². The second kappa shape index (κ2) is 6.14. The van der Waals surface area contributed by atoms with Crippen LogP contribution < -0.4 is 5.32 Å². The molecule has 1 atom stereocenters. The van der Waals surface area contributed by atoms with Gasteiger partial charge in [-0.2, -0.15) is 0 Å². The summed E-state index contributed by atoms with van der Waals surface area (Å²) in [6.45, 7) is 1.52. The molecular formula is C15H15ClN2O3S. The van der Waals surface area contributed by atoms with E-state index in [0.717, 1.165) is 16.5 Å². The van der Waals surface area contributed by atoms with Crippen molar-refractivity contribution in [3.8, 4) is 0 Å². The number of hydrogen-bond donors (Lipinski definition) is 2. The van der Waals surface area contributed by atoms with E-state index in [2.05, 4.69) is 5.32 Å². The molecule has 2 N–H and O–H groups in total. The van der Waals surface area contributed by atoms with E-state index in [9.17, 15) is 9.59 Å². The molecule has 1 aliphatic rings. The lowest BCUT2D eigenvalue weighted by Crippen LogP contribution is -2.32. The minimum absolute atomic E-state index is 0.119. The fourth-order valence-electron chi connectivity index (χ4n) is 2.61. The average Bonchev–Trinajstić information content (AvgIpc) is 3.10. The summed E-state index contributed by atoms with van der Waals surface area (Å²) >= 11 is 7.35. The molecule has 2 aromatic rings. The summed E-state index contributed by atoms with van der Waals surface area (Å²) in [4.78, 5) is 25.1. The van der Waals surface area contributed by atoms with Crippen LogP contribution in [0.1, 0.15) is 16.1 Å². The van der Waals surface area contributed by atoms with E-state index < -0.39 is 6.09 Å². The number of amides is 2. The number of fused-ring (bicyclic) bond motifs is 1. The van der Waals surface area contributed by atoms with Gasteiger partial charge in [0.1, 0.15) is 0 Å². The van der Waals surface area contributed by atoms with Crippen LogP contribution in [0.15, 0.2) is 24.3 Å². The predicted molar refractivity (Wildman–Crippen MR) is 86.9 cm³/mol. The maximum atomic E-state index is 12.2. The summed E-state index contributed by atoms with van der Waals surface area (Å²) in [5.74, 6) is 0.0648. The molecule has 1 aromatic carbocycles. The molecule has 2 heterocycles. The fourth-order valence-corrected chi connectivity index (χ4v) is 3.87. The van der Waals surface area contributed by atoms with E-state index in [1.54, 1.807) is 6.07 Å². The number of carboxylic acid groups (broad SMARTS) is 1. The molecular weight excluding hydrogens is 324 g/mol. The summed E-state index contributed by atoms with van der Waals surface area (Å²) in [5, 5.41) is 13.5. The number of halogens is 1. The predicted octanol–water partition coefficient (Wildman–Crippen LogP) is 3.28. The molecule has 0 bridgehead atoms. The van der Waals surface area contributed by atoms with Gasteiger partial charge in [-0.15, -0.1) is 11.3 Å². The van der Waals surface area contributed by atoms with E-state index in [-0.39, 0.29) is 11.8 Å². The summed E-state index contributed by atoms with van der Waals surface area (Å²) < 4.78 is 0.982. The third-order valence-electron chi connectivity index (χ3n) is 3.81. The third-order valence-corrected chi connectivity index (χ3v) is 5.15. The van der Waals surface area contributed by atoms with Crippen LogP contribution in [-0.4, -0.2) is 41.6 Å². The van der Waals surface area contributed by atoms with E-state index >= 15 is 0 Å².